The Kier molecular flexibility index (Phi) is 5.88. The number of benzene rings is 1. The number of aromatic nitrogens is 2. The average Bonchev–Trinajstić information content (AvgIpc) is 3.16. The largest absolute Gasteiger partial charge is 0.497 e. The van der Waals surface area contributed by atoms with Crippen LogP contribution < -0.4 is 4.74 Å². The lowest BCUT2D eigenvalue weighted by Crippen LogP contribution is -2.49. The highest BCUT2D eigenvalue weighted by molar-refractivity contribution is 5.78. The number of carbonyl (C=O) groups is 1. The van der Waals surface area contributed by atoms with Crippen LogP contribution in [-0.4, -0.2) is 59.1 Å². The van der Waals surface area contributed by atoms with Gasteiger partial charge in [-0.1, -0.05) is 19.0 Å². The summed E-state index contributed by atoms with van der Waals surface area (Å²) in [4.78, 5) is 20.9. The van der Waals surface area contributed by atoms with Crippen molar-refractivity contribution in [2.75, 3.05) is 33.3 Å². The third kappa shape index (κ3) is 4.22. The summed E-state index contributed by atoms with van der Waals surface area (Å²) in [5, 5.41) is 4.07. The van der Waals surface area contributed by atoms with Gasteiger partial charge in [0.25, 0.3) is 0 Å². The van der Waals surface area contributed by atoms with Gasteiger partial charge in [0.2, 0.25) is 17.6 Å². The van der Waals surface area contributed by atoms with Gasteiger partial charge in [0.05, 0.1) is 13.7 Å². The van der Waals surface area contributed by atoms with Crippen LogP contribution >= 0.6 is 0 Å². The minimum atomic E-state index is 0.101. The maximum atomic E-state index is 12.3. The fraction of sp³-hybridized carbons (Fsp3) is 0.526. The van der Waals surface area contributed by atoms with Gasteiger partial charge in [-0.05, 0) is 30.7 Å². The number of ether oxygens (including phenoxy) is 1. The molecule has 7 heteroatoms. The quantitative estimate of drug-likeness (QED) is 0.790. The predicted octanol–water partition coefficient (Wildman–Crippen LogP) is 2.44. The Bertz CT molecular complexity index is 721. The first kappa shape index (κ1) is 18.4. The molecule has 140 valence electrons. The van der Waals surface area contributed by atoms with E-state index in [1.54, 1.807) is 7.11 Å². The van der Waals surface area contributed by atoms with Gasteiger partial charge in [0.1, 0.15) is 5.75 Å². The fourth-order valence-corrected chi connectivity index (χ4v) is 2.98. The Morgan fingerprint density at radius 1 is 1.23 bits per heavy atom. The summed E-state index contributed by atoms with van der Waals surface area (Å²) in [7, 11) is 1.64. The van der Waals surface area contributed by atoms with E-state index >= 15 is 0 Å². The van der Waals surface area contributed by atoms with E-state index in [1.807, 2.05) is 36.1 Å². The van der Waals surface area contributed by atoms with E-state index in [4.69, 9.17) is 9.26 Å². The summed E-state index contributed by atoms with van der Waals surface area (Å²) in [6.07, 6.45) is 0.884. The topological polar surface area (TPSA) is 71.7 Å². The number of methoxy groups -OCH3 is 1. The molecule has 1 amide bonds. The third-order valence-electron chi connectivity index (χ3n) is 4.89. The minimum absolute atomic E-state index is 0.101. The molecule has 0 aliphatic carbocycles. The first-order valence-corrected chi connectivity index (χ1v) is 9.09. The summed E-state index contributed by atoms with van der Waals surface area (Å²) >= 11 is 0. The second-order valence-corrected chi connectivity index (χ2v) is 6.65. The van der Waals surface area contributed by atoms with Gasteiger partial charge in [-0.2, -0.15) is 4.98 Å². The van der Waals surface area contributed by atoms with E-state index in [0.717, 1.165) is 43.9 Å². The summed E-state index contributed by atoms with van der Waals surface area (Å²) in [6.45, 7) is 7.80. The first-order valence-electron chi connectivity index (χ1n) is 9.09. The van der Waals surface area contributed by atoms with Crippen LogP contribution in [0.15, 0.2) is 28.8 Å². The third-order valence-corrected chi connectivity index (χ3v) is 4.89. The van der Waals surface area contributed by atoms with E-state index < -0.39 is 0 Å². The molecular weight excluding hydrogens is 332 g/mol. The average molecular weight is 358 g/mol. The number of rotatable bonds is 6. The summed E-state index contributed by atoms with van der Waals surface area (Å²) in [6, 6.07) is 7.57. The number of piperazine rings is 1. The lowest BCUT2D eigenvalue weighted by atomic mass is 10.1. The summed E-state index contributed by atoms with van der Waals surface area (Å²) in [5.74, 6) is 2.32. The molecule has 2 aromatic rings. The molecule has 1 aliphatic heterocycles. The van der Waals surface area contributed by atoms with Crippen LogP contribution in [0.2, 0.25) is 0 Å². The summed E-state index contributed by atoms with van der Waals surface area (Å²) < 4.78 is 10.6. The van der Waals surface area contributed by atoms with Gasteiger partial charge in [0, 0.05) is 37.7 Å². The molecule has 26 heavy (non-hydrogen) atoms. The molecule has 1 fully saturated rings. The number of amides is 1. The SMILES string of the molecule is CC[C@H](C)C(=O)N1CCN(Cc2nc(-c3ccc(OC)cc3)no2)CC1. The molecule has 0 bridgehead atoms. The Hall–Kier alpha value is -2.41. The first-order chi connectivity index (χ1) is 12.6. The Balaban J connectivity index is 1.54. The van der Waals surface area contributed by atoms with Crippen molar-refractivity contribution in [2.24, 2.45) is 5.92 Å². The van der Waals surface area contributed by atoms with Crippen molar-refractivity contribution in [3.05, 3.63) is 30.2 Å². The molecular formula is C19H26N4O3. The Labute approximate surface area is 153 Å². The van der Waals surface area contributed by atoms with Crippen LogP contribution in [0.25, 0.3) is 11.4 Å². The molecule has 1 atom stereocenters. The second-order valence-electron chi connectivity index (χ2n) is 6.65. The molecule has 0 unspecified atom stereocenters. The van der Waals surface area contributed by atoms with Crippen LogP contribution in [0.1, 0.15) is 26.2 Å². The molecule has 1 aliphatic rings. The van der Waals surface area contributed by atoms with Gasteiger partial charge in [-0.25, -0.2) is 0 Å². The Morgan fingerprint density at radius 2 is 1.92 bits per heavy atom. The van der Waals surface area contributed by atoms with E-state index in [9.17, 15) is 4.79 Å². The lowest BCUT2D eigenvalue weighted by Gasteiger charge is -2.35. The molecule has 0 radical (unpaired) electrons. The molecule has 1 saturated heterocycles. The lowest BCUT2D eigenvalue weighted by molar-refractivity contribution is -0.136. The molecule has 0 N–H and O–H groups in total. The van der Waals surface area contributed by atoms with Crippen LogP contribution in [0, 0.1) is 5.92 Å². The number of hydrogen-bond donors (Lipinski definition) is 0. The zero-order valence-corrected chi connectivity index (χ0v) is 15.6. The monoisotopic (exact) mass is 358 g/mol. The van der Waals surface area contributed by atoms with Crippen molar-refractivity contribution >= 4 is 5.91 Å². The Morgan fingerprint density at radius 3 is 2.54 bits per heavy atom. The molecule has 1 aromatic carbocycles. The van der Waals surface area contributed by atoms with Crippen molar-refractivity contribution in [2.45, 2.75) is 26.8 Å². The van der Waals surface area contributed by atoms with E-state index in [1.165, 1.54) is 0 Å². The zero-order chi connectivity index (χ0) is 18.5. The van der Waals surface area contributed by atoms with E-state index in [2.05, 4.69) is 22.0 Å². The second kappa shape index (κ2) is 8.31. The highest BCUT2D eigenvalue weighted by Crippen LogP contribution is 2.20. The molecule has 7 nitrogen and oxygen atoms in total. The van der Waals surface area contributed by atoms with Crippen molar-refractivity contribution in [3.63, 3.8) is 0 Å². The molecule has 1 aromatic heterocycles. The van der Waals surface area contributed by atoms with Gasteiger partial charge >= 0.3 is 0 Å². The maximum Gasteiger partial charge on any atom is 0.241 e. The maximum absolute atomic E-state index is 12.3. The van der Waals surface area contributed by atoms with E-state index in [-0.39, 0.29) is 11.8 Å². The normalized spacial score (nSPS) is 16.5. The molecule has 2 heterocycles. The van der Waals surface area contributed by atoms with Crippen molar-refractivity contribution in [1.29, 1.82) is 0 Å². The van der Waals surface area contributed by atoms with Crippen molar-refractivity contribution < 1.29 is 14.1 Å². The van der Waals surface area contributed by atoms with Crippen molar-refractivity contribution in [1.82, 2.24) is 19.9 Å². The highest BCUT2D eigenvalue weighted by atomic mass is 16.5. The van der Waals surface area contributed by atoms with Gasteiger partial charge in [-0.15, -0.1) is 0 Å². The minimum Gasteiger partial charge on any atom is -0.497 e. The molecule has 0 saturated carbocycles. The standard InChI is InChI=1S/C19H26N4O3/c1-4-14(2)19(24)23-11-9-22(10-12-23)13-17-20-18(21-26-17)15-5-7-16(25-3)8-6-15/h5-8,14H,4,9-13H2,1-3H3/t14-/m0/s1. The van der Waals surface area contributed by atoms with Crippen molar-refractivity contribution in [3.8, 4) is 17.1 Å². The summed E-state index contributed by atoms with van der Waals surface area (Å²) in [5.41, 5.74) is 0.893. The van der Waals surface area contributed by atoms with Crippen LogP contribution in [0.5, 0.6) is 5.75 Å². The smallest absolute Gasteiger partial charge is 0.241 e. The van der Waals surface area contributed by atoms with Gasteiger partial charge in [-0.3, -0.25) is 9.69 Å². The number of carbonyl (C=O) groups excluding carboxylic acids is 1. The van der Waals surface area contributed by atoms with Crippen LogP contribution in [-0.2, 0) is 11.3 Å². The van der Waals surface area contributed by atoms with Gasteiger partial charge < -0.3 is 14.2 Å². The fourth-order valence-electron chi connectivity index (χ4n) is 2.98. The van der Waals surface area contributed by atoms with Gasteiger partial charge in [0.15, 0.2) is 0 Å². The number of hydrogen-bond acceptors (Lipinski definition) is 6. The highest BCUT2D eigenvalue weighted by Gasteiger charge is 2.25. The predicted molar refractivity (Wildman–Crippen MR) is 97.6 cm³/mol. The van der Waals surface area contributed by atoms with Crippen LogP contribution in [0.3, 0.4) is 0 Å². The molecule has 3 rings (SSSR count). The number of nitrogens with zero attached hydrogens (tertiary/aromatic N) is 4. The van der Waals surface area contributed by atoms with E-state index in [0.29, 0.717) is 18.3 Å². The van der Waals surface area contributed by atoms with Crippen LogP contribution in [0.4, 0.5) is 0 Å². The molecule has 0 spiro atoms. The zero-order valence-electron chi connectivity index (χ0n) is 15.6.